The lowest BCUT2D eigenvalue weighted by atomic mass is 9.85. The van der Waals surface area contributed by atoms with Crippen LogP contribution in [0, 0.1) is 0 Å². The number of hydrogen-bond donors (Lipinski definition) is 2. The first-order valence-electron chi connectivity index (χ1n) is 23.6. The zero-order valence-electron chi connectivity index (χ0n) is 37.5. The van der Waals surface area contributed by atoms with Gasteiger partial charge in [0, 0.05) is 64.0 Å². The molecule has 60 heavy (non-hydrogen) atoms. The molecule has 2 N–H and O–H groups in total. The SMILES string of the molecule is CC(C)(C)c1ccc(CCCCCCCC2SC2CC2SC2CC2CSSCC(CC3SC3CC3SC3CCCCCCCc3ccc(C(C)(C)C)c(O)c3)SS2)cc1O. The minimum Gasteiger partial charge on any atom is -0.508 e. The smallest absolute Gasteiger partial charge is 0.119 e. The number of phenolic OH excluding ortho intramolecular Hbond substituents is 2. The molecule has 0 radical (unpaired) electrons. The van der Waals surface area contributed by atoms with E-state index in [1.807, 2.05) is 12.1 Å². The van der Waals surface area contributed by atoms with E-state index in [9.17, 15) is 10.2 Å². The summed E-state index contributed by atoms with van der Waals surface area (Å²) < 4.78 is 0. The largest absolute Gasteiger partial charge is 0.508 e. The van der Waals surface area contributed by atoms with Gasteiger partial charge in [0.1, 0.15) is 11.5 Å². The third-order valence-electron chi connectivity index (χ3n) is 13.2. The average molecular weight is 966 g/mol. The second-order valence-corrected chi connectivity index (χ2v) is 32.0. The maximum atomic E-state index is 10.5. The highest BCUT2D eigenvalue weighted by Crippen LogP contribution is 2.59. The molecule has 0 bridgehead atoms. The summed E-state index contributed by atoms with van der Waals surface area (Å²) in [5.41, 5.74) is 4.65. The predicted octanol–water partition coefficient (Wildman–Crippen LogP) is 16.2. The maximum Gasteiger partial charge on any atom is 0.119 e. The van der Waals surface area contributed by atoms with Gasteiger partial charge < -0.3 is 10.2 Å². The number of thioether (sulfide) groups is 4. The van der Waals surface area contributed by atoms with E-state index in [0.29, 0.717) is 11.5 Å². The van der Waals surface area contributed by atoms with Gasteiger partial charge in [-0.15, -0.1) is 0 Å². The Hall–Kier alpha value is 0.840. The molecule has 10 atom stereocenters. The van der Waals surface area contributed by atoms with Crippen LogP contribution in [0.2, 0.25) is 0 Å². The van der Waals surface area contributed by atoms with Crippen molar-refractivity contribution in [3.05, 3.63) is 58.7 Å². The Morgan fingerprint density at radius 1 is 0.450 bits per heavy atom. The van der Waals surface area contributed by atoms with Crippen molar-refractivity contribution >= 4 is 90.2 Å². The molecule has 5 aliphatic heterocycles. The van der Waals surface area contributed by atoms with Gasteiger partial charge in [-0.3, -0.25) is 0 Å². The fraction of sp³-hybridized carbons (Fsp3) is 0.760. The van der Waals surface area contributed by atoms with E-state index >= 15 is 0 Å². The number of phenols is 2. The first kappa shape index (κ1) is 48.8. The van der Waals surface area contributed by atoms with Crippen molar-refractivity contribution in [3.63, 3.8) is 0 Å². The molecule has 0 aromatic heterocycles. The summed E-state index contributed by atoms with van der Waals surface area (Å²) in [5.74, 6) is 3.61. The number of unbranched alkanes of at least 4 members (excludes halogenated alkanes) is 8. The first-order valence-corrected chi connectivity index (χ1v) is 32.2. The van der Waals surface area contributed by atoms with Crippen molar-refractivity contribution < 1.29 is 10.2 Å². The van der Waals surface area contributed by atoms with Gasteiger partial charge >= 0.3 is 0 Å². The quantitative estimate of drug-likeness (QED) is 0.0604. The van der Waals surface area contributed by atoms with Gasteiger partial charge in [-0.05, 0) is 109 Å². The molecule has 2 nitrogen and oxygen atoms in total. The molecule has 0 spiro atoms. The van der Waals surface area contributed by atoms with E-state index in [2.05, 4.69) is 156 Å². The summed E-state index contributed by atoms with van der Waals surface area (Å²) in [7, 11) is 8.90. The highest BCUT2D eigenvalue weighted by atomic mass is 33.1. The summed E-state index contributed by atoms with van der Waals surface area (Å²) in [6, 6.07) is 12.7. The molecule has 0 saturated carbocycles. The normalized spacial score (nSPS) is 30.2. The summed E-state index contributed by atoms with van der Waals surface area (Å²) in [6.07, 6.45) is 24.3. The molecule has 5 aliphatic rings. The molecule has 10 heteroatoms. The fourth-order valence-corrected chi connectivity index (χ4v) is 21.7. The van der Waals surface area contributed by atoms with Crippen molar-refractivity contribution in [1.82, 2.24) is 0 Å². The number of hydrogen-bond acceptors (Lipinski definition) is 10. The number of benzene rings is 2. The minimum atomic E-state index is -0.00586. The highest BCUT2D eigenvalue weighted by molar-refractivity contribution is 8.80. The molecule has 7 rings (SSSR count). The van der Waals surface area contributed by atoms with E-state index in [1.54, 1.807) is 0 Å². The van der Waals surface area contributed by atoms with E-state index in [-0.39, 0.29) is 10.8 Å². The Morgan fingerprint density at radius 3 is 1.20 bits per heavy atom. The second kappa shape index (κ2) is 23.0. The van der Waals surface area contributed by atoms with Gasteiger partial charge in [0.15, 0.2) is 0 Å². The topological polar surface area (TPSA) is 40.5 Å². The van der Waals surface area contributed by atoms with Gasteiger partial charge in [0.25, 0.3) is 0 Å². The van der Waals surface area contributed by atoms with Crippen LogP contribution in [0.25, 0.3) is 0 Å². The Kier molecular flexibility index (Phi) is 18.7. The molecule has 5 saturated heterocycles. The van der Waals surface area contributed by atoms with Crippen molar-refractivity contribution in [2.75, 3.05) is 11.5 Å². The number of rotatable bonds is 24. The summed E-state index contributed by atoms with van der Waals surface area (Å²) in [4.78, 5) is 0. The second-order valence-electron chi connectivity index (χ2n) is 20.6. The van der Waals surface area contributed by atoms with E-state index in [1.165, 1.54) is 125 Å². The molecule has 10 unspecified atom stereocenters. The first-order chi connectivity index (χ1) is 28.8. The monoisotopic (exact) mass is 964 g/mol. The fourth-order valence-electron chi connectivity index (χ4n) is 9.26. The van der Waals surface area contributed by atoms with Gasteiger partial charge in [-0.2, -0.15) is 47.0 Å². The Bertz CT molecular complexity index is 1520. The van der Waals surface area contributed by atoms with E-state index < -0.39 is 0 Å². The van der Waals surface area contributed by atoms with Crippen molar-refractivity contribution in [2.24, 2.45) is 0 Å². The van der Waals surface area contributed by atoms with E-state index in [4.69, 9.17) is 0 Å². The Morgan fingerprint density at radius 2 is 0.800 bits per heavy atom. The molecular weight excluding hydrogens is 889 g/mol. The molecular formula is C50H76O2S8. The van der Waals surface area contributed by atoms with Crippen molar-refractivity contribution in [3.8, 4) is 11.5 Å². The summed E-state index contributed by atoms with van der Waals surface area (Å²) in [5, 5.41) is 30.2. The third kappa shape index (κ3) is 16.0. The minimum absolute atomic E-state index is 0.00586. The number of aromatic hydroxyl groups is 2. The van der Waals surface area contributed by atoms with E-state index in [0.717, 1.165) is 76.5 Å². The van der Waals surface area contributed by atoms with Crippen LogP contribution in [-0.4, -0.2) is 74.2 Å². The summed E-state index contributed by atoms with van der Waals surface area (Å²) >= 11 is 9.21. The third-order valence-corrected chi connectivity index (χ3v) is 25.4. The van der Waals surface area contributed by atoms with Crippen LogP contribution in [-0.2, 0) is 23.7 Å². The lowest BCUT2D eigenvalue weighted by Gasteiger charge is -2.23. The molecule has 2 aromatic rings. The average Bonchev–Trinajstić information content (AvgIpc) is 4.01. The standard InChI is InChI=1S/C50H76O2S8/c1-49(2,3)37-23-21-33(25-39(37)51)17-13-9-7-11-15-19-41-45(55-41)29-47-43(57-47)27-35-31-53-54-32-36(60-59-35)28-44-48(58-44)30-46-42(56-46)20-16-12-8-10-14-18-34-22-24-38(40(52)26-34)50(4,5)6/h21-26,35-36,41-48,51-52H,7-20,27-32H2,1-6H3. The Labute approximate surface area is 399 Å². The zero-order valence-corrected chi connectivity index (χ0v) is 44.1. The van der Waals surface area contributed by atoms with Gasteiger partial charge in [0.05, 0.1) is 0 Å². The lowest BCUT2D eigenvalue weighted by Crippen LogP contribution is -2.16. The van der Waals surface area contributed by atoms with Crippen molar-refractivity contribution in [2.45, 2.75) is 220 Å². The highest BCUT2D eigenvalue weighted by Gasteiger charge is 2.49. The number of aryl methyl sites for hydroxylation is 2. The van der Waals surface area contributed by atoms with Crippen LogP contribution in [0.5, 0.6) is 11.5 Å². The van der Waals surface area contributed by atoms with Crippen molar-refractivity contribution in [1.29, 1.82) is 0 Å². The molecule has 0 aliphatic carbocycles. The van der Waals surface area contributed by atoms with Crippen LogP contribution in [0.4, 0.5) is 0 Å². The predicted molar refractivity (Wildman–Crippen MR) is 283 cm³/mol. The summed E-state index contributed by atoms with van der Waals surface area (Å²) in [6.45, 7) is 13.0. The van der Waals surface area contributed by atoms with Crippen LogP contribution in [0.3, 0.4) is 0 Å². The van der Waals surface area contributed by atoms with Gasteiger partial charge in [0.2, 0.25) is 0 Å². The van der Waals surface area contributed by atoms with Crippen LogP contribution < -0.4 is 0 Å². The molecule has 0 amide bonds. The molecule has 2 aromatic carbocycles. The molecule has 336 valence electrons. The van der Waals surface area contributed by atoms with Crippen LogP contribution in [0.15, 0.2) is 36.4 Å². The zero-order chi connectivity index (χ0) is 42.3. The van der Waals surface area contributed by atoms with Crippen LogP contribution in [0.1, 0.15) is 167 Å². The maximum absolute atomic E-state index is 10.5. The Balaban J connectivity index is 0.662. The molecule has 5 fully saturated rings. The molecule has 5 heterocycles. The van der Waals surface area contributed by atoms with Gasteiger partial charge in [-0.25, -0.2) is 0 Å². The van der Waals surface area contributed by atoms with Gasteiger partial charge in [-0.1, -0.05) is 160 Å². The van der Waals surface area contributed by atoms with Crippen LogP contribution >= 0.6 is 90.2 Å². The lowest BCUT2D eigenvalue weighted by molar-refractivity contribution is 0.445.